The molecule has 1 heterocycles. The van der Waals surface area contributed by atoms with E-state index in [2.05, 4.69) is 28.9 Å². The van der Waals surface area contributed by atoms with E-state index in [1.807, 2.05) is 18.2 Å². The Kier molecular flexibility index (Phi) is 4.59. The van der Waals surface area contributed by atoms with E-state index in [-0.39, 0.29) is 5.38 Å². The van der Waals surface area contributed by atoms with E-state index >= 15 is 0 Å². The number of hydrogen-bond acceptors (Lipinski definition) is 2. The predicted molar refractivity (Wildman–Crippen MR) is 82.5 cm³/mol. The van der Waals surface area contributed by atoms with E-state index in [1.54, 1.807) is 18.4 Å². The van der Waals surface area contributed by atoms with Crippen molar-refractivity contribution < 1.29 is 4.74 Å². The van der Waals surface area contributed by atoms with Gasteiger partial charge < -0.3 is 4.74 Å². The third-order valence-electron chi connectivity index (χ3n) is 2.59. The van der Waals surface area contributed by atoms with Crippen LogP contribution in [-0.4, -0.2) is 7.11 Å². The van der Waals surface area contributed by atoms with E-state index in [0.29, 0.717) is 10.8 Å². The molecule has 0 amide bonds. The van der Waals surface area contributed by atoms with Gasteiger partial charge in [-0.3, -0.25) is 0 Å². The van der Waals surface area contributed by atoms with Gasteiger partial charge in [-0.25, -0.2) is 0 Å². The van der Waals surface area contributed by atoms with Crippen molar-refractivity contribution in [2.45, 2.75) is 12.3 Å². The van der Waals surface area contributed by atoms with Crippen LogP contribution in [0.1, 0.15) is 21.4 Å². The number of thiophene rings is 1. The Hall–Kier alpha value is -0.220. The monoisotopic (exact) mass is 364 g/mol. The summed E-state index contributed by atoms with van der Waals surface area (Å²) in [6, 6.07) is 7.71. The SMILES string of the molecule is COc1ccc(C(Cl)c2cc(C)c(Br)s2)cc1Cl. The highest BCUT2D eigenvalue weighted by atomic mass is 79.9. The lowest BCUT2D eigenvalue weighted by molar-refractivity contribution is 0.415. The zero-order valence-corrected chi connectivity index (χ0v) is 13.8. The van der Waals surface area contributed by atoms with Crippen LogP contribution in [0, 0.1) is 6.92 Å². The van der Waals surface area contributed by atoms with Crippen molar-refractivity contribution in [1.29, 1.82) is 0 Å². The summed E-state index contributed by atoms with van der Waals surface area (Å²) < 4.78 is 6.24. The third-order valence-corrected chi connectivity index (χ3v) is 5.71. The van der Waals surface area contributed by atoms with E-state index < -0.39 is 0 Å². The molecule has 5 heteroatoms. The molecule has 2 rings (SSSR count). The number of rotatable bonds is 3. The van der Waals surface area contributed by atoms with Crippen molar-refractivity contribution in [3.05, 3.63) is 49.1 Å². The topological polar surface area (TPSA) is 9.23 Å². The molecular formula is C13H11BrCl2OS. The van der Waals surface area contributed by atoms with Crippen LogP contribution in [0.4, 0.5) is 0 Å². The molecule has 0 aliphatic rings. The second-order valence-corrected chi connectivity index (χ2v) is 7.11. The maximum absolute atomic E-state index is 6.47. The molecule has 0 aliphatic heterocycles. The molecule has 2 aromatic rings. The molecule has 96 valence electrons. The van der Waals surface area contributed by atoms with Crippen LogP contribution in [0.15, 0.2) is 28.1 Å². The number of ether oxygens (including phenoxy) is 1. The van der Waals surface area contributed by atoms with E-state index in [0.717, 1.165) is 14.2 Å². The first kappa shape index (κ1) is 14.2. The molecule has 1 aromatic heterocycles. The first-order valence-electron chi connectivity index (χ1n) is 5.26. The minimum atomic E-state index is -0.191. The Bertz CT molecular complexity index is 549. The van der Waals surface area contributed by atoms with Crippen LogP contribution < -0.4 is 4.74 Å². The molecule has 1 unspecified atom stereocenters. The molecule has 1 nitrogen and oxygen atoms in total. The molecule has 18 heavy (non-hydrogen) atoms. The normalized spacial score (nSPS) is 12.5. The Morgan fingerprint density at radius 2 is 2.06 bits per heavy atom. The van der Waals surface area contributed by atoms with Crippen molar-refractivity contribution in [3.63, 3.8) is 0 Å². The largest absolute Gasteiger partial charge is 0.495 e. The Morgan fingerprint density at radius 3 is 2.56 bits per heavy atom. The molecule has 0 fully saturated rings. The average molecular weight is 366 g/mol. The second kappa shape index (κ2) is 5.83. The first-order chi connectivity index (χ1) is 8.52. The minimum Gasteiger partial charge on any atom is -0.495 e. The highest BCUT2D eigenvalue weighted by Crippen LogP contribution is 2.39. The summed E-state index contributed by atoms with van der Waals surface area (Å²) in [5.41, 5.74) is 2.16. The summed E-state index contributed by atoms with van der Waals surface area (Å²) in [6.45, 7) is 2.05. The number of methoxy groups -OCH3 is 1. The maximum Gasteiger partial charge on any atom is 0.137 e. The molecular weight excluding hydrogens is 355 g/mol. The van der Waals surface area contributed by atoms with Crippen molar-refractivity contribution in [3.8, 4) is 5.75 Å². The zero-order valence-electron chi connectivity index (χ0n) is 9.84. The average Bonchev–Trinajstić information content (AvgIpc) is 2.68. The van der Waals surface area contributed by atoms with E-state index in [1.165, 1.54) is 5.56 Å². The van der Waals surface area contributed by atoms with E-state index in [9.17, 15) is 0 Å². The second-order valence-electron chi connectivity index (χ2n) is 3.86. The molecule has 1 atom stereocenters. The molecule has 0 spiro atoms. The van der Waals surface area contributed by atoms with Crippen molar-refractivity contribution in [2.75, 3.05) is 7.11 Å². The van der Waals surface area contributed by atoms with Crippen LogP contribution in [-0.2, 0) is 0 Å². The van der Waals surface area contributed by atoms with Crippen LogP contribution >= 0.6 is 50.5 Å². The standard InChI is InChI=1S/C13H11BrCl2OS/c1-7-5-11(18-13(7)14)12(16)8-3-4-10(17-2)9(15)6-8/h3-6,12H,1-2H3. The fraction of sp³-hybridized carbons (Fsp3) is 0.231. The molecule has 0 bridgehead atoms. The Morgan fingerprint density at radius 1 is 1.33 bits per heavy atom. The number of aryl methyl sites for hydroxylation is 1. The zero-order chi connectivity index (χ0) is 13.3. The number of alkyl halides is 1. The number of hydrogen-bond donors (Lipinski definition) is 0. The van der Waals surface area contributed by atoms with Crippen molar-refractivity contribution in [2.24, 2.45) is 0 Å². The van der Waals surface area contributed by atoms with Gasteiger partial charge in [-0.2, -0.15) is 0 Å². The van der Waals surface area contributed by atoms with Gasteiger partial charge in [0, 0.05) is 4.88 Å². The number of halogens is 3. The molecule has 0 saturated carbocycles. The summed E-state index contributed by atoms with van der Waals surface area (Å²) >= 11 is 17.7. The van der Waals surface area contributed by atoms with Crippen molar-refractivity contribution in [1.82, 2.24) is 0 Å². The van der Waals surface area contributed by atoms with E-state index in [4.69, 9.17) is 27.9 Å². The third kappa shape index (κ3) is 2.85. The molecule has 1 aromatic carbocycles. The highest BCUT2D eigenvalue weighted by Gasteiger charge is 2.16. The fourth-order valence-electron chi connectivity index (χ4n) is 1.61. The van der Waals surface area contributed by atoms with Crippen molar-refractivity contribution >= 4 is 50.5 Å². The summed E-state index contributed by atoms with van der Waals surface area (Å²) in [7, 11) is 1.60. The van der Waals surface area contributed by atoms with Crippen LogP contribution in [0.5, 0.6) is 5.75 Å². The summed E-state index contributed by atoms with van der Waals surface area (Å²) in [6.07, 6.45) is 0. The molecule has 0 aliphatic carbocycles. The first-order valence-corrected chi connectivity index (χ1v) is 7.68. The lowest BCUT2D eigenvalue weighted by atomic mass is 10.1. The highest BCUT2D eigenvalue weighted by molar-refractivity contribution is 9.11. The van der Waals surface area contributed by atoms with Gasteiger partial charge in [-0.05, 0) is 52.2 Å². The summed E-state index contributed by atoms with van der Waals surface area (Å²) in [5.74, 6) is 0.660. The van der Waals surface area contributed by atoms with Gasteiger partial charge in [0.1, 0.15) is 5.75 Å². The molecule has 0 saturated heterocycles. The van der Waals surface area contributed by atoms with Gasteiger partial charge in [0.05, 0.1) is 21.3 Å². The lowest BCUT2D eigenvalue weighted by Crippen LogP contribution is -1.92. The van der Waals surface area contributed by atoms with Gasteiger partial charge in [-0.15, -0.1) is 22.9 Å². The molecule has 0 radical (unpaired) electrons. The minimum absolute atomic E-state index is 0.191. The summed E-state index contributed by atoms with van der Waals surface area (Å²) in [5, 5.41) is 0.386. The van der Waals surface area contributed by atoms with Gasteiger partial charge in [0.25, 0.3) is 0 Å². The maximum atomic E-state index is 6.47. The van der Waals surface area contributed by atoms with Gasteiger partial charge in [0.15, 0.2) is 0 Å². The Labute approximate surface area is 129 Å². The van der Waals surface area contributed by atoms with Crippen LogP contribution in [0.25, 0.3) is 0 Å². The Balaban J connectivity index is 2.33. The van der Waals surface area contributed by atoms with Crippen LogP contribution in [0.2, 0.25) is 5.02 Å². The fourth-order valence-corrected chi connectivity index (χ4v) is 3.79. The smallest absolute Gasteiger partial charge is 0.137 e. The van der Waals surface area contributed by atoms with Gasteiger partial charge in [0.2, 0.25) is 0 Å². The quantitative estimate of drug-likeness (QED) is 0.623. The number of benzene rings is 1. The van der Waals surface area contributed by atoms with Crippen LogP contribution in [0.3, 0.4) is 0 Å². The van der Waals surface area contributed by atoms with Gasteiger partial charge in [-0.1, -0.05) is 17.7 Å². The molecule has 0 N–H and O–H groups in total. The lowest BCUT2D eigenvalue weighted by Gasteiger charge is -2.10. The summed E-state index contributed by atoms with van der Waals surface area (Å²) in [4.78, 5) is 1.10. The predicted octanol–water partition coefficient (Wildman–Crippen LogP) is 5.81. The van der Waals surface area contributed by atoms with Gasteiger partial charge >= 0.3 is 0 Å².